The van der Waals surface area contributed by atoms with E-state index in [1.54, 1.807) is 137 Å². The van der Waals surface area contributed by atoms with Crippen molar-refractivity contribution < 1.29 is 95.5 Å². The number of hydrogen-bond donors (Lipinski definition) is 4. The fourth-order valence-corrected chi connectivity index (χ4v) is 21.3. The molecule has 0 atom stereocenters. The van der Waals surface area contributed by atoms with Crippen LogP contribution in [0.1, 0.15) is 221 Å². The molecule has 6 aromatic heterocycles. The number of hydrogen-bond acceptors (Lipinski definition) is 26. The minimum atomic E-state index is -0.972. The van der Waals surface area contributed by atoms with Gasteiger partial charge < -0.3 is 71.6 Å². The fourth-order valence-electron chi connectivity index (χ4n) is 19.8. The Balaban J connectivity index is 0.000000149. The van der Waals surface area contributed by atoms with Crippen LogP contribution >= 0.6 is 50.7 Å². The number of carbonyl (C=O) groups is 5. The molecule has 30 heteroatoms. The van der Waals surface area contributed by atoms with E-state index in [1.165, 1.54) is 14.2 Å². The summed E-state index contributed by atoms with van der Waals surface area (Å²) in [6.07, 6.45) is 15.9. The van der Waals surface area contributed by atoms with E-state index in [9.17, 15) is 58.8 Å². The molecule has 9 heterocycles. The summed E-state index contributed by atoms with van der Waals surface area (Å²) < 4.78 is 62.6. The highest BCUT2D eigenvalue weighted by molar-refractivity contribution is 9.10. The van der Waals surface area contributed by atoms with Crippen LogP contribution in [0.25, 0.3) is 84.5 Å². The molecule has 6 aliphatic rings. The van der Waals surface area contributed by atoms with Crippen LogP contribution in [0, 0.1) is 93.9 Å². The lowest BCUT2D eigenvalue weighted by atomic mass is 9.81. The van der Waals surface area contributed by atoms with Crippen molar-refractivity contribution in [1.82, 2.24) is 15.0 Å². The van der Waals surface area contributed by atoms with Crippen LogP contribution in [0.15, 0.2) is 214 Å². The van der Waals surface area contributed by atoms with Gasteiger partial charge in [0.2, 0.25) is 0 Å². The second kappa shape index (κ2) is 47.0. The second-order valence-corrected chi connectivity index (χ2v) is 42.4. The Hall–Kier alpha value is -13.7. The number of aromatic nitrogens is 3. The predicted octanol–water partition coefficient (Wildman–Crippen LogP) is 27.4. The number of halogens is 4. The summed E-state index contributed by atoms with van der Waals surface area (Å²) >= 11 is 22.1. The molecule has 3 aliphatic carbocycles. The van der Waals surface area contributed by atoms with E-state index in [4.69, 9.17) is 85.9 Å². The van der Waals surface area contributed by atoms with E-state index in [1.807, 2.05) is 146 Å². The predicted molar refractivity (Wildman–Crippen MR) is 579 cm³/mol. The second-order valence-electron chi connectivity index (χ2n) is 40.3. The van der Waals surface area contributed by atoms with Gasteiger partial charge in [-0.3, -0.25) is 24.5 Å². The number of aromatic hydroxyl groups is 3. The number of aryl methyl sites for hydroxylation is 9. The molecule has 26 nitrogen and oxygen atoms in total. The van der Waals surface area contributed by atoms with Crippen molar-refractivity contribution in [2.75, 3.05) is 21.3 Å². The minimum absolute atomic E-state index is 0.0499. The quantitative estimate of drug-likeness (QED) is 0.0486. The number of carbonyl (C=O) groups excluding carboxylic acids is 5. The first kappa shape index (κ1) is 112. The Morgan fingerprint density at radius 2 is 0.832 bits per heavy atom. The van der Waals surface area contributed by atoms with Gasteiger partial charge in [0.15, 0.2) is 51.4 Å². The first-order chi connectivity index (χ1) is 70.6. The Morgan fingerprint density at radius 1 is 0.423 bits per heavy atom. The smallest absolute Gasteiger partial charge is 0.348 e. The SMILES string of the molecule is CCC(C)(C)C(=O)OC1=C(c2ccc(Cl)cc2Cl)C(=O)OC12CCCCC2.COc1cc(C)cc(C)c1-c1c(O)c(C)c(-c2ccccn2)oc1=O.COc1cc(C)cc(Cl)c1C1=C(O)C2(CCC(OC)CC2)OC1=O.Cc1cc(Br)cc(C)c1-c1c(O)c(C)c(-c2ccccn2)oc1=O.Cc1cc(C)c(C2=C(OC(=O)CC(C)(C)C)C3(CCCC3)OC2=O)c(C)c1.Cc1ccccc1-c1c(O)c(C)c(-c2ccccn2)oc1=O. The molecule has 3 fully saturated rings. The average molecular weight is 2150 g/mol. The maximum Gasteiger partial charge on any atom is 0.348 e. The van der Waals surface area contributed by atoms with Crippen LogP contribution < -0.4 is 26.4 Å². The Labute approximate surface area is 890 Å². The van der Waals surface area contributed by atoms with Gasteiger partial charge in [0.25, 0.3) is 0 Å². The topological polar surface area (TPSA) is 369 Å². The number of nitrogens with zero attached hydrogens (tertiary/aromatic N) is 3. The minimum Gasteiger partial charge on any atom is -0.507 e. The monoisotopic (exact) mass is 2150 g/mol. The van der Waals surface area contributed by atoms with E-state index >= 15 is 0 Å². The molecule has 3 saturated carbocycles. The van der Waals surface area contributed by atoms with Gasteiger partial charge in [-0.15, -0.1) is 0 Å². The zero-order valence-corrected chi connectivity index (χ0v) is 91.5. The van der Waals surface area contributed by atoms with Crippen LogP contribution in [0.3, 0.4) is 0 Å². The molecule has 3 aliphatic heterocycles. The Bertz CT molecular complexity index is 7390. The zero-order chi connectivity index (χ0) is 109. The van der Waals surface area contributed by atoms with Gasteiger partial charge in [0.05, 0.1) is 47.8 Å². The van der Waals surface area contributed by atoms with Crippen molar-refractivity contribution in [3.05, 3.63) is 316 Å². The summed E-state index contributed by atoms with van der Waals surface area (Å²) in [4.78, 5) is 114. The van der Waals surface area contributed by atoms with Gasteiger partial charge in [-0.2, -0.15) is 0 Å². The third kappa shape index (κ3) is 24.4. The molecule has 3 spiro atoms. The highest BCUT2D eigenvalue weighted by Crippen LogP contribution is 2.54. The summed E-state index contributed by atoms with van der Waals surface area (Å²) in [5.41, 5.74) is 11.1. The fraction of sp³-hybridized carbons (Fsp3) is 0.353. The molecule has 0 amide bonds. The standard InChI is InChI=1S/C23H30O4.C21H24Cl2O4.C20H19NO4.C19H16BrNO3.C18H21ClO5.C18H15NO3/c1-14-11-15(2)18(16(3)12-14)19-20(26-17(24)13-22(4,5)6)23(27-21(19)25)9-7-8-10-23;1-4-20(2,3)19(25)26-17-16(14-9-8-13(22)12-15(14)23)18(24)27-21(17)10-6-5-7-11-21;1-11-9-12(2)16(15(10-11)24-4)17-18(22)13(3)19(25-20(17)23)14-7-5-6-8-21-14;1-10-8-13(20)9-11(2)15(10)16-17(22)12(3)18(24-19(16)23)14-6-4-5-7-21-14;1-10-8-12(19)14(13(9-10)23-3)15-16(20)18(24-17(15)21)6-4-11(22-2)5-7-18;1-11-7-3-4-8-13(11)15-16(20)12(2)17(22-18(15)21)14-9-5-6-10-19-14/h11-12H,7-10,13H2,1-6H3;8-9,12H,4-7,10-11H2,1-3H3;5-10,22H,1-4H3;4-9,22H,1-3H3;8-9,11,20H,4-7H2,1-3H3;3-10,20H,1-2H3. The molecule has 18 rings (SSSR count). The number of aliphatic hydroxyl groups excluding tert-OH is 1. The largest absolute Gasteiger partial charge is 0.507 e. The van der Waals surface area contributed by atoms with Crippen LogP contribution in [0.4, 0.5) is 0 Å². The normalized spacial score (nSPS) is 16.4. The molecular weight excluding hydrogens is 2030 g/mol. The van der Waals surface area contributed by atoms with Gasteiger partial charge in [0.1, 0.15) is 79.2 Å². The first-order valence-corrected chi connectivity index (χ1v) is 51.3. The number of esters is 5. The van der Waals surface area contributed by atoms with Crippen molar-refractivity contribution in [3.63, 3.8) is 0 Å². The number of benzene rings is 6. The van der Waals surface area contributed by atoms with Crippen molar-refractivity contribution in [2.45, 2.75) is 244 Å². The molecule has 0 unspecified atom stereocenters. The van der Waals surface area contributed by atoms with E-state index in [-0.39, 0.29) is 91.8 Å². The van der Waals surface area contributed by atoms with Gasteiger partial charge in [-0.25, -0.2) is 28.8 Å². The molecule has 0 saturated heterocycles. The molecular formula is C119H125BrCl3N3O23. The van der Waals surface area contributed by atoms with Crippen molar-refractivity contribution >= 4 is 97.3 Å². The van der Waals surface area contributed by atoms with Crippen molar-refractivity contribution in [2.24, 2.45) is 10.8 Å². The van der Waals surface area contributed by atoms with Crippen LogP contribution in [-0.4, -0.2) is 109 Å². The summed E-state index contributed by atoms with van der Waals surface area (Å²) in [5.74, 6) is 0.137. The van der Waals surface area contributed by atoms with Crippen molar-refractivity contribution in [1.29, 1.82) is 0 Å². The number of rotatable bonds is 17. The molecule has 12 aromatic rings. The Kier molecular flexibility index (Phi) is 35.5. The van der Waals surface area contributed by atoms with E-state index in [2.05, 4.69) is 43.0 Å². The number of ether oxygens (including phenoxy) is 8. The van der Waals surface area contributed by atoms with Gasteiger partial charge in [0, 0.05) is 63.0 Å². The Morgan fingerprint density at radius 3 is 1.29 bits per heavy atom. The van der Waals surface area contributed by atoms with Crippen LogP contribution in [-0.2, 0) is 52.4 Å². The molecule has 149 heavy (non-hydrogen) atoms. The van der Waals surface area contributed by atoms with E-state index in [0.29, 0.717) is 162 Å². The summed E-state index contributed by atoms with van der Waals surface area (Å²) in [6.45, 7) is 34.1. The highest BCUT2D eigenvalue weighted by Gasteiger charge is 2.56. The summed E-state index contributed by atoms with van der Waals surface area (Å²) in [6, 6.07) is 43.4. The zero-order valence-electron chi connectivity index (χ0n) is 87.7. The van der Waals surface area contributed by atoms with Gasteiger partial charge in [-0.1, -0.05) is 157 Å². The number of aliphatic hydroxyl groups is 1. The third-order valence-electron chi connectivity index (χ3n) is 27.7. The maximum absolute atomic E-state index is 12.9. The van der Waals surface area contributed by atoms with Gasteiger partial charge in [-0.05, 0) is 326 Å². The van der Waals surface area contributed by atoms with Crippen LogP contribution in [0.5, 0.6) is 28.7 Å². The third-order valence-corrected chi connectivity index (χ3v) is 29.0. The van der Waals surface area contributed by atoms with E-state index in [0.717, 1.165) is 105 Å². The lowest BCUT2D eigenvalue weighted by Gasteiger charge is -2.35. The lowest BCUT2D eigenvalue weighted by Crippen LogP contribution is -2.38. The maximum atomic E-state index is 12.9. The average Bonchev–Trinajstić information content (AvgIpc) is 1.59. The lowest BCUT2D eigenvalue weighted by molar-refractivity contribution is -0.160. The van der Waals surface area contributed by atoms with Gasteiger partial charge >= 0.3 is 46.7 Å². The molecule has 0 bridgehead atoms. The van der Waals surface area contributed by atoms with E-state index < -0.39 is 51.0 Å². The summed E-state index contributed by atoms with van der Waals surface area (Å²) in [5, 5.41) is 43.9. The molecule has 782 valence electrons. The first-order valence-electron chi connectivity index (χ1n) is 49.4. The molecule has 6 aromatic carbocycles. The molecule has 4 N–H and O–H groups in total. The van der Waals surface area contributed by atoms with Crippen molar-refractivity contribution in [3.8, 4) is 96.5 Å². The number of methoxy groups -OCH3 is 3. The highest BCUT2D eigenvalue weighted by atomic mass is 79.9. The summed E-state index contributed by atoms with van der Waals surface area (Å²) in [7, 11) is 4.71. The molecule has 0 radical (unpaired) electrons. The number of pyridine rings is 3. The van der Waals surface area contributed by atoms with Crippen LogP contribution in [0.2, 0.25) is 15.1 Å².